The van der Waals surface area contributed by atoms with Gasteiger partial charge in [-0.25, -0.2) is 0 Å². The van der Waals surface area contributed by atoms with Gasteiger partial charge in [0.15, 0.2) is 0 Å². The lowest BCUT2D eigenvalue weighted by molar-refractivity contribution is 0.0878. The van der Waals surface area contributed by atoms with Crippen LogP contribution in [0.15, 0.2) is 11.4 Å². The van der Waals surface area contributed by atoms with Crippen molar-refractivity contribution >= 4 is 11.3 Å². The zero-order chi connectivity index (χ0) is 8.55. The van der Waals surface area contributed by atoms with Crippen LogP contribution >= 0.6 is 11.3 Å². The average molecular weight is 183 g/mol. The smallest absolute Gasteiger partial charge is 0.0917 e. The Morgan fingerprint density at radius 3 is 3.17 bits per heavy atom. The standard InChI is InChI=1S/C9H13NOS/c1-11-8-3-2-7(10)6-4-5-12-9(6)8/h4-5,7-8H,2-3,10H2,1H3. The maximum absolute atomic E-state index is 5.96. The van der Waals surface area contributed by atoms with Gasteiger partial charge in [0, 0.05) is 18.0 Å². The second kappa shape index (κ2) is 3.17. The van der Waals surface area contributed by atoms with Gasteiger partial charge in [-0.2, -0.15) is 0 Å². The molecular weight excluding hydrogens is 170 g/mol. The first-order valence-electron chi connectivity index (χ1n) is 4.18. The first-order valence-corrected chi connectivity index (χ1v) is 5.06. The third-order valence-corrected chi connectivity index (χ3v) is 3.47. The van der Waals surface area contributed by atoms with Crippen LogP contribution < -0.4 is 5.73 Å². The maximum atomic E-state index is 5.96. The normalized spacial score (nSPS) is 28.5. The molecule has 0 radical (unpaired) electrons. The van der Waals surface area contributed by atoms with Crippen LogP contribution in [-0.4, -0.2) is 7.11 Å². The van der Waals surface area contributed by atoms with Crippen molar-refractivity contribution in [3.05, 3.63) is 21.9 Å². The fourth-order valence-corrected chi connectivity index (χ4v) is 2.82. The molecule has 0 saturated carbocycles. The van der Waals surface area contributed by atoms with E-state index in [4.69, 9.17) is 10.5 Å². The number of methoxy groups -OCH3 is 1. The van der Waals surface area contributed by atoms with Gasteiger partial charge < -0.3 is 10.5 Å². The summed E-state index contributed by atoms with van der Waals surface area (Å²) in [5.74, 6) is 0. The molecule has 0 amide bonds. The Morgan fingerprint density at radius 2 is 2.42 bits per heavy atom. The molecule has 2 unspecified atom stereocenters. The summed E-state index contributed by atoms with van der Waals surface area (Å²) in [6.07, 6.45) is 2.40. The van der Waals surface area contributed by atoms with Gasteiger partial charge >= 0.3 is 0 Å². The molecule has 0 fully saturated rings. The highest BCUT2D eigenvalue weighted by molar-refractivity contribution is 7.10. The Hall–Kier alpha value is -0.380. The Labute approximate surface area is 76.3 Å². The van der Waals surface area contributed by atoms with E-state index in [-0.39, 0.29) is 6.04 Å². The molecule has 2 atom stereocenters. The number of fused-ring (bicyclic) bond motifs is 1. The van der Waals surface area contributed by atoms with Crippen molar-refractivity contribution < 1.29 is 4.74 Å². The summed E-state index contributed by atoms with van der Waals surface area (Å²) in [6, 6.07) is 2.35. The van der Waals surface area contributed by atoms with Crippen molar-refractivity contribution in [1.82, 2.24) is 0 Å². The highest BCUT2D eigenvalue weighted by Gasteiger charge is 2.25. The summed E-state index contributed by atoms with van der Waals surface area (Å²) in [4.78, 5) is 1.33. The minimum atomic E-state index is 0.234. The first kappa shape index (κ1) is 8.23. The molecule has 2 rings (SSSR count). The van der Waals surface area contributed by atoms with E-state index in [1.54, 1.807) is 18.4 Å². The van der Waals surface area contributed by atoms with Crippen LogP contribution in [0.3, 0.4) is 0 Å². The zero-order valence-corrected chi connectivity index (χ0v) is 7.93. The molecule has 12 heavy (non-hydrogen) atoms. The Kier molecular flexibility index (Phi) is 2.17. The van der Waals surface area contributed by atoms with Gasteiger partial charge in [0.05, 0.1) is 6.10 Å². The lowest BCUT2D eigenvalue weighted by atomic mass is 9.93. The van der Waals surface area contributed by atoms with Crippen LogP contribution in [-0.2, 0) is 4.74 Å². The van der Waals surface area contributed by atoms with Crippen LogP contribution in [0.2, 0.25) is 0 Å². The number of rotatable bonds is 1. The molecule has 1 aromatic heterocycles. The van der Waals surface area contributed by atoms with E-state index in [2.05, 4.69) is 11.4 Å². The Morgan fingerprint density at radius 1 is 1.58 bits per heavy atom. The van der Waals surface area contributed by atoms with Crippen LogP contribution in [0.5, 0.6) is 0 Å². The summed E-state index contributed by atoms with van der Waals surface area (Å²) in [7, 11) is 1.77. The van der Waals surface area contributed by atoms with Crippen LogP contribution in [0.25, 0.3) is 0 Å². The zero-order valence-electron chi connectivity index (χ0n) is 7.12. The molecule has 1 aromatic rings. The predicted molar refractivity (Wildman–Crippen MR) is 50.2 cm³/mol. The lowest BCUT2D eigenvalue weighted by Crippen LogP contribution is -2.19. The largest absolute Gasteiger partial charge is 0.376 e. The Bertz CT molecular complexity index is 271. The predicted octanol–water partition coefficient (Wildman–Crippen LogP) is 2.23. The monoisotopic (exact) mass is 183 g/mol. The molecule has 0 saturated heterocycles. The van der Waals surface area contributed by atoms with E-state index in [1.165, 1.54) is 10.4 Å². The van der Waals surface area contributed by atoms with Crippen molar-refractivity contribution in [3.8, 4) is 0 Å². The first-order chi connectivity index (χ1) is 5.83. The third-order valence-electron chi connectivity index (χ3n) is 2.44. The summed E-state index contributed by atoms with van der Waals surface area (Å²) < 4.78 is 5.38. The fraction of sp³-hybridized carbons (Fsp3) is 0.556. The molecule has 1 aliphatic rings. The van der Waals surface area contributed by atoms with Gasteiger partial charge in [0.25, 0.3) is 0 Å². The van der Waals surface area contributed by atoms with Gasteiger partial charge in [-0.1, -0.05) is 0 Å². The summed E-state index contributed by atoms with van der Waals surface area (Å²) >= 11 is 1.76. The molecule has 2 nitrogen and oxygen atoms in total. The molecular formula is C9H13NOS. The summed E-state index contributed by atoms with van der Waals surface area (Å²) in [5.41, 5.74) is 7.25. The Balaban J connectivity index is 2.36. The van der Waals surface area contributed by atoms with Crippen molar-refractivity contribution in [2.24, 2.45) is 5.73 Å². The maximum Gasteiger partial charge on any atom is 0.0917 e. The summed E-state index contributed by atoms with van der Waals surface area (Å²) in [6.45, 7) is 0. The summed E-state index contributed by atoms with van der Waals surface area (Å²) in [5, 5.41) is 2.10. The molecule has 2 N–H and O–H groups in total. The second-order valence-electron chi connectivity index (χ2n) is 3.15. The highest BCUT2D eigenvalue weighted by Crippen LogP contribution is 2.39. The van der Waals surface area contributed by atoms with Crippen molar-refractivity contribution in [2.75, 3.05) is 7.11 Å². The minimum absolute atomic E-state index is 0.234. The van der Waals surface area contributed by atoms with Crippen LogP contribution in [0.4, 0.5) is 0 Å². The molecule has 1 aliphatic carbocycles. The number of hydrogen-bond donors (Lipinski definition) is 1. The van der Waals surface area contributed by atoms with Gasteiger partial charge in [-0.05, 0) is 29.9 Å². The van der Waals surface area contributed by atoms with Crippen LogP contribution in [0, 0.1) is 0 Å². The van der Waals surface area contributed by atoms with Crippen molar-refractivity contribution in [3.63, 3.8) is 0 Å². The lowest BCUT2D eigenvalue weighted by Gasteiger charge is -2.25. The highest BCUT2D eigenvalue weighted by atomic mass is 32.1. The molecule has 3 heteroatoms. The van der Waals surface area contributed by atoms with Crippen LogP contribution in [0.1, 0.15) is 35.4 Å². The second-order valence-corrected chi connectivity index (χ2v) is 4.10. The van der Waals surface area contributed by atoms with E-state index in [0.29, 0.717) is 6.10 Å². The number of nitrogens with two attached hydrogens (primary N) is 1. The molecule has 0 spiro atoms. The molecule has 0 aliphatic heterocycles. The molecule has 1 heterocycles. The SMILES string of the molecule is COC1CCC(N)c2ccsc21. The van der Waals surface area contributed by atoms with Gasteiger partial charge in [-0.3, -0.25) is 0 Å². The quantitative estimate of drug-likeness (QED) is 0.724. The van der Waals surface area contributed by atoms with Crippen molar-refractivity contribution in [2.45, 2.75) is 25.0 Å². The number of thiophene rings is 1. The van der Waals surface area contributed by atoms with E-state index in [1.807, 2.05) is 0 Å². The van der Waals surface area contributed by atoms with E-state index < -0.39 is 0 Å². The molecule has 66 valence electrons. The fourth-order valence-electron chi connectivity index (χ4n) is 1.74. The molecule has 0 bridgehead atoms. The molecule has 0 aromatic carbocycles. The number of hydrogen-bond acceptors (Lipinski definition) is 3. The van der Waals surface area contributed by atoms with Gasteiger partial charge in [-0.15, -0.1) is 11.3 Å². The van der Waals surface area contributed by atoms with E-state index >= 15 is 0 Å². The van der Waals surface area contributed by atoms with E-state index in [0.717, 1.165) is 12.8 Å². The minimum Gasteiger partial charge on any atom is -0.376 e. The van der Waals surface area contributed by atoms with Gasteiger partial charge in [0.1, 0.15) is 0 Å². The number of ether oxygens (including phenoxy) is 1. The van der Waals surface area contributed by atoms with Crippen molar-refractivity contribution in [1.29, 1.82) is 0 Å². The van der Waals surface area contributed by atoms with Gasteiger partial charge in [0.2, 0.25) is 0 Å². The average Bonchev–Trinajstić information content (AvgIpc) is 2.54. The third kappa shape index (κ3) is 1.18. The topological polar surface area (TPSA) is 35.2 Å². The van der Waals surface area contributed by atoms with E-state index in [9.17, 15) is 0 Å².